The van der Waals surface area contributed by atoms with Crippen LogP contribution in [0.15, 0.2) is 48.5 Å². The molecule has 0 N–H and O–H groups in total. The smallest absolute Gasteiger partial charge is 0.138 e. The lowest BCUT2D eigenvalue weighted by atomic mass is 10.1. The molecule has 0 unspecified atom stereocenters. The molecule has 0 amide bonds. The highest BCUT2D eigenvalue weighted by Gasteiger charge is 1.97. The maximum atomic E-state index is 13.2. The predicted molar refractivity (Wildman–Crippen MR) is 61.3 cm³/mol. The van der Waals surface area contributed by atoms with Crippen LogP contribution >= 0.6 is 0 Å². The van der Waals surface area contributed by atoms with Crippen LogP contribution < -0.4 is 0 Å². The minimum absolute atomic E-state index is 0. The lowest BCUT2D eigenvalue weighted by Gasteiger charge is -1.93. The third kappa shape index (κ3) is 3.12. The Balaban J connectivity index is 0.00000144. The summed E-state index contributed by atoms with van der Waals surface area (Å²) in [6.07, 6.45) is 0. The van der Waals surface area contributed by atoms with Crippen LogP contribution in [0.5, 0.6) is 0 Å². The van der Waals surface area contributed by atoms with Gasteiger partial charge in [0.15, 0.2) is 0 Å². The predicted octanol–water partition coefficient (Wildman–Crippen LogP) is 3.52. The van der Waals surface area contributed by atoms with E-state index in [1.165, 1.54) is 12.1 Å². The molecule has 0 aliphatic heterocycles. The van der Waals surface area contributed by atoms with Gasteiger partial charge in [0.2, 0.25) is 0 Å². The van der Waals surface area contributed by atoms with Crippen LogP contribution in [0.3, 0.4) is 0 Å². The van der Waals surface area contributed by atoms with Crippen LogP contribution in [0.4, 0.5) is 13.5 Å². The molecule has 17 heavy (non-hydrogen) atoms. The molecule has 0 saturated heterocycles. The summed E-state index contributed by atoms with van der Waals surface area (Å²) in [4.78, 5) is 0. The first-order valence-electron chi connectivity index (χ1n) is 4.78. The molecule has 3 heteroatoms. The Labute approximate surface area is 97.3 Å². The summed E-state index contributed by atoms with van der Waals surface area (Å²) in [6.45, 7) is 0. The highest BCUT2D eigenvalue weighted by atomic mass is 19.1. The molecule has 0 fully saturated rings. The molecule has 0 radical (unpaired) electrons. The van der Waals surface area contributed by atoms with Crippen LogP contribution in [0, 0.1) is 23.5 Å². The second-order valence-corrected chi connectivity index (χ2v) is 3.21. The minimum Gasteiger partial charge on any atom is -0.269 e. The molecular weight excluding hydrogens is 225 g/mol. The van der Waals surface area contributed by atoms with Gasteiger partial charge in [0, 0.05) is 0 Å². The van der Waals surface area contributed by atoms with E-state index in [9.17, 15) is 8.78 Å². The summed E-state index contributed by atoms with van der Waals surface area (Å²) >= 11 is 0. The van der Waals surface area contributed by atoms with Gasteiger partial charge in [-0.1, -0.05) is 36.1 Å². The lowest BCUT2D eigenvalue weighted by molar-refractivity contribution is 0.622. The molecule has 0 saturated carbocycles. The molecule has 2 aromatic carbocycles. The zero-order chi connectivity index (χ0) is 11.4. The maximum absolute atomic E-state index is 13.2. The summed E-state index contributed by atoms with van der Waals surface area (Å²) in [5.74, 6) is 4.42. The SMILES string of the molecule is F.Fc1ccccc1C#Cc1ccccc1F. The van der Waals surface area contributed by atoms with Gasteiger partial charge < -0.3 is 0 Å². The van der Waals surface area contributed by atoms with Gasteiger partial charge in [-0.3, -0.25) is 4.70 Å². The zero-order valence-electron chi connectivity index (χ0n) is 8.78. The van der Waals surface area contributed by atoms with E-state index in [0.717, 1.165) is 0 Å². The first-order chi connectivity index (χ1) is 7.77. The summed E-state index contributed by atoms with van der Waals surface area (Å²) in [7, 11) is 0. The van der Waals surface area contributed by atoms with Crippen LogP contribution in [0.2, 0.25) is 0 Å². The van der Waals surface area contributed by atoms with E-state index >= 15 is 0 Å². The van der Waals surface area contributed by atoms with Crippen molar-refractivity contribution >= 4 is 0 Å². The zero-order valence-corrected chi connectivity index (χ0v) is 8.78. The van der Waals surface area contributed by atoms with Crippen molar-refractivity contribution in [1.29, 1.82) is 0 Å². The highest BCUT2D eigenvalue weighted by Crippen LogP contribution is 2.07. The Morgan fingerprint density at radius 1 is 0.647 bits per heavy atom. The lowest BCUT2D eigenvalue weighted by Crippen LogP contribution is -1.84. The van der Waals surface area contributed by atoms with Crippen molar-refractivity contribution in [3.63, 3.8) is 0 Å². The number of hydrogen-bond acceptors (Lipinski definition) is 0. The molecule has 0 aliphatic rings. The van der Waals surface area contributed by atoms with Crippen molar-refractivity contribution in [2.45, 2.75) is 0 Å². The molecule has 0 heterocycles. The van der Waals surface area contributed by atoms with E-state index in [0.29, 0.717) is 0 Å². The van der Waals surface area contributed by atoms with Gasteiger partial charge in [-0.15, -0.1) is 0 Å². The van der Waals surface area contributed by atoms with E-state index in [1.807, 2.05) is 0 Å². The first-order valence-corrected chi connectivity index (χ1v) is 4.78. The van der Waals surface area contributed by atoms with Crippen LogP contribution in [-0.2, 0) is 0 Å². The molecule has 0 aromatic heterocycles. The third-order valence-electron chi connectivity index (χ3n) is 2.08. The van der Waals surface area contributed by atoms with Crippen LogP contribution in [-0.4, -0.2) is 0 Å². The minimum atomic E-state index is -0.397. The van der Waals surface area contributed by atoms with Crippen molar-refractivity contribution in [2.75, 3.05) is 0 Å². The largest absolute Gasteiger partial charge is 0.269 e. The Morgan fingerprint density at radius 3 is 1.35 bits per heavy atom. The summed E-state index contributed by atoms with van der Waals surface area (Å²) < 4.78 is 26.4. The van der Waals surface area contributed by atoms with Crippen molar-refractivity contribution < 1.29 is 13.5 Å². The molecule has 0 atom stereocenters. The Kier molecular flexibility index (Phi) is 4.36. The van der Waals surface area contributed by atoms with E-state index in [1.54, 1.807) is 36.4 Å². The van der Waals surface area contributed by atoms with E-state index in [2.05, 4.69) is 11.8 Å². The fourth-order valence-corrected chi connectivity index (χ4v) is 1.26. The van der Waals surface area contributed by atoms with E-state index in [-0.39, 0.29) is 15.8 Å². The Hall–Kier alpha value is -2.21. The Bertz CT molecular complexity index is 515. The van der Waals surface area contributed by atoms with Crippen molar-refractivity contribution in [2.24, 2.45) is 0 Å². The van der Waals surface area contributed by atoms with Gasteiger partial charge in [-0.05, 0) is 24.3 Å². The molecule has 0 aliphatic carbocycles. The van der Waals surface area contributed by atoms with Gasteiger partial charge in [0.25, 0.3) is 0 Å². The average molecular weight is 234 g/mol. The molecule has 86 valence electrons. The maximum Gasteiger partial charge on any atom is 0.138 e. The molecule has 0 bridgehead atoms. The van der Waals surface area contributed by atoms with Gasteiger partial charge in [-0.2, -0.15) is 0 Å². The van der Waals surface area contributed by atoms with Crippen LogP contribution in [0.25, 0.3) is 0 Å². The van der Waals surface area contributed by atoms with Gasteiger partial charge in [0.1, 0.15) is 11.6 Å². The standard InChI is InChI=1S/C14H8F2.FH/c15-13-7-3-1-5-11(13)9-10-12-6-2-4-8-14(12)16;/h1-8H;1H. The molecule has 2 aromatic rings. The van der Waals surface area contributed by atoms with E-state index < -0.39 is 11.6 Å². The third-order valence-corrected chi connectivity index (χ3v) is 2.08. The fourth-order valence-electron chi connectivity index (χ4n) is 1.26. The first kappa shape index (κ1) is 12.9. The number of rotatable bonds is 0. The van der Waals surface area contributed by atoms with E-state index in [4.69, 9.17) is 0 Å². The van der Waals surface area contributed by atoms with Gasteiger partial charge in [0.05, 0.1) is 11.1 Å². The van der Waals surface area contributed by atoms with Crippen molar-refractivity contribution in [3.05, 3.63) is 71.3 Å². The summed E-state index contributed by atoms with van der Waals surface area (Å²) in [5, 5.41) is 0. The normalized spacial score (nSPS) is 8.82. The topological polar surface area (TPSA) is 0 Å². The van der Waals surface area contributed by atoms with Gasteiger partial charge in [-0.25, -0.2) is 8.78 Å². The Morgan fingerprint density at radius 2 is 1.00 bits per heavy atom. The summed E-state index contributed by atoms with van der Waals surface area (Å²) in [6, 6.07) is 12.3. The number of hydrogen-bond donors (Lipinski definition) is 0. The second-order valence-electron chi connectivity index (χ2n) is 3.21. The van der Waals surface area contributed by atoms with Crippen LogP contribution in [0.1, 0.15) is 11.1 Å². The van der Waals surface area contributed by atoms with Crippen molar-refractivity contribution in [1.82, 2.24) is 0 Å². The molecule has 0 spiro atoms. The summed E-state index contributed by atoms with van der Waals surface area (Å²) in [5.41, 5.74) is 0.538. The second kappa shape index (κ2) is 5.76. The molecule has 2 rings (SSSR count). The number of benzene rings is 2. The monoisotopic (exact) mass is 234 g/mol. The fraction of sp³-hybridized carbons (Fsp3) is 0. The highest BCUT2D eigenvalue weighted by molar-refractivity contribution is 5.43. The molecule has 0 nitrogen and oxygen atoms in total. The molecular formula is C14H9F3. The quantitative estimate of drug-likeness (QED) is 0.612. The number of halogens is 3. The average Bonchev–Trinajstić information content (AvgIpc) is 2.30. The van der Waals surface area contributed by atoms with Crippen molar-refractivity contribution in [3.8, 4) is 11.8 Å². The van der Waals surface area contributed by atoms with Gasteiger partial charge >= 0.3 is 0 Å².